The summed E-state index contributed by atoms with van der Waals surface area (Å²) in [5.74, 6) is 2.78. The molecule has 3 fully saturated rings. The van der Waals surface area contributed by atoms with Crippen LogP contribution in [0.4, 0.5) is 0 Å². The predicted octanol–water partition coefficient (Wildman–Crippen LogP) is 3.16. The quantitative estimate of drug-likeness (QED) is 0.808. The normalized spacial score (nSPS) is 25.1. The van der Waals surface area contributed by atoms with Crippen molar-refractivity contribution in [3.63, 3.8) is 0 Å². The van der Waals surface area contributed by atoms with Crippen molar-refractivity contribution < 1.29 is 9.26 Å². The Morgan fingerprint density at radius 1 is 1.04 bits per heavy atom. The molecule has 1 aromatic carbocycles. The predicted molar refractivity (Wildman–Crippen MR) is 103 cm³/mol. The molecule has 0 radical (unpaired) electrons. The van der Waals surface area contributed by atoms with Crippen molar-refractivity contribution in [2.75, 3.05) is 33.2 Å². The summed E-state index contributed by atoms with van der Waals surface area (Å²) >= 11 is 0. The molecule has 0 N–H and O–H groups in total. The lowest BCUT2D eigenvalue weighted by Crippen LogP contribution is -2.43. The number of hydrogen-bond donors (Lipinski definition) is 0. The number of benzene rings is 1. The molecule has 0 bridgehead atoms. The van der Waals surface area contributed by atoms with E-state index in [1.54, 1.807) is 0 Å². The average Bonchev–Trinajstić information content (AvgIpc) is 3.24. The number of hydrogen-bond acceptors (Lipinski definition) is 6. The van der Waals surface area contributed by atoms with Gasteiger partial charge in [-0.05, 0) is 64.4 Å². The molecule has 3 aliphatic rings. The molecule has 1 saturated carbocycles. The first kappa shape index (κ1) is 17.2. The Kier molecular flexibility index (Phi) is 4.61. The molecule has 0 amide bonds. The van der Waals surface area contributed by atoms with E-state index in [0.29, 0.717) is 17.9 Å². The Bertz CT molecular complexity index is 780. The zero-order chi connectivity index (χ0) is 18.2. The third kappa shape index (κ3) is 3.73. The summed E-state index contributed by atoms with van der Waals surface area (Å²) in [5.41, 5.74) is 0.912. The molecule has 2 aliphatic heterocycles. The Balaban J connectivity index is 1.26. The number of piperidine rings is 1. The zero-order valence-corrected chi connectivity index (χ0v) is 16.0. The average molecular weight is 368 g/mol. The van der Waals surface area contributed by atoms with Crippen LogP contribution in [-0.2, 0) is 0 Å². The Morgan fingerprint density at radius 2 is 1.85 bits per heavy atom. The van der Waals surface area contributed by atoms with Crippen LogP contribution in [0.15, 0.2) is 28.8 Å². The van der Waals surface area contributed by atoms with Gasteiger partial charge in [0.25, 0.3) is 5.89 Å². The van der Waals surface area contributed by atoms with Crippen molar-refractivity contribution in [2.24, 2.45) is 0 Å². The van der Waals surface area contributed by atoms with E-state index < -0.39 is 0 Å². The van der Waals surface area contributed by atoms with Crippen LogP contribution >= 0.6 is 0 Å². The lowest BCUT2D eigenvalue weighted by molar-refractivity contribution is 0.126. The van der Waals surface area contributed by atoms with Crippen molar-refractivity contribution in [3.05, 3.63) is 30.1 Å². The van der Waals surface area contributed by atoms with Crippen LogP contribution in [0.3, 0.4) is 0 Å². The highest BCUT2D eigenvalue weighted by Crippen LogP contribution is 2.40. The van der Waals surface area contributed by atoms with Gasteiger partial charge in [0, 0.05) is 25.0 Å². The van der Waals surface area contributed by atoms with Gasteiger partial charge in [0.2, 0.25) is 0 Å². The highest BCUT2D eigenvalue weighted by atomic mass is 16.5. The first-order valence-electron chi connectivity index (χ1n) is 10.3. The van der Waals surface area contributed by atoms with E-state index in [1.807, 2.05) is 24.3 Å². The van der Waals surface area contributed by atoms with Gasteiger partial charge in [-0.25, -0.2) is 0 Å². The molecule has 2 aromatic rings. The fourth-order valence-electron chi connectivity index (χ4n) is 4.32. The van der Waals surface area contributed by atoms with Gasteiger partial charge < -0.3 is 14.2 Å². The maximum atomic E-state index is 6.41. The van der Waals surface area contributed by atoms with Crippen molar-refractivity contribution in [2.45, 2.75) is 50.2 Å². The number of para-hydroxylation sites is 1. The molecule has 1 aromatic heterocycles. The fraction of sp³-hybridized carbons (Fsp3) is 0.619. The molecule has 6 nitrogen and oxygen atoms in total. The molecule has 1 atom stereocenters. The van der Waals surface area contributed by atoms with Crippen molar-refractivity contribution >= 4 is 0 Å². The van der Waals surface area contributed by atoms with Crippen LogP contribution in [0.5, 0.6) is 5.75 Å². The van der Waals surface area contributed by atoms with Gasteiger partial charge in [-0.1, -0.05) is 17.3 Å². The molecule has 6 heteroatoms. The highest BCUT2D eigenvalue weighted by molar-refractivity contribution is 5.62. The van der Waals surface area contributed by atoms with Gasteiger partial charge in [0.1, 0.15) is 11.9 Å². The molecule has 27 heavy (non-hydrogen) atoms. The van der Waals surface area contributed by atoms with E-state index in [4.69, 9.17) is 9.26 Å². The second-order valence-corrected chi connectivity index (χ2v) is 8.29. The van der Waals surface area contributed by atoms with Crippen LogP contribution in [-0.4, -0.2) is 65.3 Å². The third-order valence-electron chi connectivity index (χ3n) is 6.18. The molecule has 3 heterocycles. The lowest BCUT2D eigenvalue weighted by atomic mass is 10.0. The van der Waals surface area contributed by atoms with Crippen LogP contribution in [0.1, 0.15) is 43.8 Å². The highest BCUT2D eigenvalue weighted by Gasteiger charge is 2.32. The van der Waals surface area contributed by atoms with Gasteiger partial charge in [0.15, 0.2) is 5.82 Å². The molecule has 1 aliphatic carbocycles. The monoisotopic (exact) mass is 368 g/mol. The van der Waals surface area contributed by atoms with Gasteiger partial charge in [-0.15, -0.1) is 0 Å². The van der Waals surface area contributed by atoms with E-state index >= 15 is 0 Å². The minimum Gasteiger partial charge on any atom is -0.488 e. The molecule has 144 valence electrons. The minimum atomic E-state index is 0.233. The molecule has 2 saturated heterocycles. The van der Waals surface area contributed by atoms with Gasteiger partial charge in [0.05, 0.1) is 5.56 Å². The molecule has 1 unspecified atom stereocenters. The van der Waals surface area contributed by atoms with Crippen LogP contribution < -0.4 is 4.74 Å². The second kappa shape index (κ2) is 7.24. The largest absolute Gasteiger partial charge is 0.488 e. The van der Waals surface area contributed by atoms with Gasteiger partial charge >= 0.3 is 0 Å². The number of ether oxygens (including phenoxy) is 1. The summed E-state index contributed by atoms with van der Waals surface area (Å²) in [6.45, 7) is 4.56. The molecule has 5 rings (SSSR count). The molecular weight excluding hydrogens is 340 g/mol. The maximum absolute atomic E-state index is 6.41. The van der Waals surface area contributed by atoms with Crippen LogP contribution in [0.2, 0.25) is 0 Å². The van der Waals surface area contributed by atoms with E-state index in [2.05, 4.69) is 27.0 Å². The standard InChI is InChI=1S/C21H28N4O2/c1-24-11-8-16(9-12-24)25-13-10-17(14-25)26-19-5-3-2-4-18(19)21-22-20(23-27-21)15-6-7-15/h2-5,15-17H,6-14H2,1H3. The summed E-state index contributed by atoms with van der Waals surface area (Å²) in [6.07, 6.45) is 6.20. The summed E-state index contributed by atoms with van der Waals surface area (Å²) in [5, 5.41) is 4.15. The van der Waals surface area contributed by atoms with Crippen molar-refractivity contribution in [3.8, 4) is 17.2 Å². The zero-order valence-electron chi connectivity index (χ0n) is 16.0. The summed E-state index contributed by atoms with van der Waals surface area (Å²) in [4.78, 5) is 9.65. The molecule has 0 spiro atoms. The SMILES string of the molecule is CN1CCC(N2CCC(Oc3ccccc3-c3nc(C4CC4)no3)C2)CC1. The summed E-state index contributed by atoms with van der Waals surface area (Å²) in [7, 11) is 2.22. The van der Waals surface area contributed by atoms with Gasteiger partial charge in [-0.2, -0.15) is 4.98 Å². The second-order valence-electron chi connectivity index (χ2n) is 8.29. The van der Waals surface area contributed by atoms with Gasteiger partial charge in [-0.3, -0.25) is 4.90 Å². The van der Waals surface area contributed by atoms with E-state index in [0.717, 1.165) is 36.6 Å². The first-order chi connectivity index (χ1) is 13.3. The van der Waals surface area contributed by atoms with E-state index in [9.17, 15) is 0 Å². The smallest absolute Gasteiger partial charge is 0.261 e. The van der Waals surface area contributed by atoms with Crippen molar-refractivity contribution in [1.82, 2.24) is 19.9 Å². The van der Waals surface area contributed by atoms with Crippen molar-refractivity contribution in [1.29, 1.82) is 0 Å². The minimum absolute atomic E-state index is 0.233. The Hall–Kier alpha value is -1.92. The number of rotatable bonds is 5. The number of likely N-dealkylation sites (tertiary alicyclic amines) is 2. The van der Waals surface area contributed by atoms with E-state index in [1.165, 1.54) is 38.8 Å². The topological polar surface area (TPSA) is 54.6 Å². The fourth-order valence-corrected chi connectivity index (χ4v) is 4.32. The summed E-state index contributed by atoms with van der Waals surface area (Å²) < 4.78 is 11.9. The Labute approximate surface area is 160 Å². The maximum Gasteiger partial charge on any atom is 0.261 e. The van der Waals surface area contributed by atoms with E-state index in [-0.39, 0.29) is 6.10 Å². The Morgan fingerprint density at radius 3 is 2.67 bits per heavy atom. The lowest BCUT2D eigenvalue weighted by Gasteiger charge is -2.35. The van der Waals surface area contributed by atoms with Crippen LogP contribution in [0, 0.1) is 0 Å². The third-order valence-corrected chi connectivity index (χ3v) is 6.18. The number of nitrogens with zero attached hydrogens (tertiary/aromatic N) is 4. The molecular formula is C21H28N4O2. The summed E-state index contributed by atoms with van der Waals surface area (Å²) in [6, 6.07) is 8.77. The first-order valence-corrected chi connectivity index (χ1v) is 10.3. The number of aromatic nitrogens is 2. The van der Waals surface area contributed by atoms with Crippen LogP contribution in [0.25, 0.3) is 11.5 Å².